The highest BCUT2D eigenvalue weighted by molar-refractivity contribution is 8.02. The van der Waals surface area contributed by atoms with Crippen molar-refractivity contribution in [1.82, 2.24) is 15.5 Å². The molecule has 1 amide bonds. The van der Waals surface area contributed by atoms with Crippen LogP contribution in [0.15, 0.2) is 28.6 Å². The summed E-state index contributed by atoms with van der Waals surface area (Å²) in [6, 6.07) is 7.59. The highest BCUT2D eigenvalue weighted by Crippen LogP contribution is 2.32. The molecule has 1 atom stereocenters. The summed E-state index contributed by atoms with van der Waals surface area (Å²) in [5.74, 6) is 0.714. The standard InChI is InChI=1S/C16H22N4O3S2/c1-11(14(21)17-9-6-10-22-2)24-16-20-19-15(25-16)18-12-7-4-5-8-13(12)23-3/h4-5,7-8,11H,6,9-10H2,1-3H3,(H,17,21)(H,18,19). The third kappa shape index (κ3) is 6.18. The average Bonchev–Trinajstić information content (AvgIpc) is 3.05. The van der Waals surface area contributed by atoms with Gasteiger partial charge in [-0.05, 0) is 25.5 Å². The van der Waals surface area contributed by atoms with Crippen molar-refractivity contribution in [3.63, 3.8) is 0 Å². The molecule has 2 N–H and O–H groups in total. The monoisotopic (exact) mass is 382 g/mol. The van der Waals surface area contributed by atoms with E-state index in [1.54, 1.807) is 14.2 Å². The van der Waals surface area contributed by atoms with E-state index >= 15 is 0 Å². The van der Waals surface area contributed by atoms with E-state index in [1.165, 1.54) is 23.1 Å². The number of hydrogen-bond donors (Lipinski definition) is 2. The number of benzene rings is 1. The predicted octanol–water partition coefficient (Wildman–Crippen LogP) is 2.92. The first-order chi connectivity index (χ1) is 12.1. The van der Waals surface area contributed by atoms with Crippen LogP contribution in [0.1, 0.15) is 13.3 Å². The zero-order valence-electron chi connectivity index (χ0n) is 14.4. The van der Waals surface area contributed by atoms with Gasteiger partial charge in [-0.1, -0.05) is 35.2 Å². The van der Waals surface area contributed by atoms with Crippen molar-refractivity contribution in [2.24, 2.45) is 0 Å². The van der Waals surface area contributed by atoms with Crippen molar-refractivity contribution in [1.29, 1.82) is 0 Å². The zero-order valence-corrected chi connectivity index (χ0v) is 16.1. The summed E-state index contributed by atoms with van der Waals surface area (Å²) in [5.41, 5.74) is 0.821. The molecule has 2 rings (SSSR count). The van der Waals surface area contributed by atoms with Crippen molar-refractivity contribution in [2.75, 3.05) is 32.7 Å². The van der Waals surface area contributed by atoms with E-state index in [2.05, 4.69) is 20.8 Å². The van der Waals surface area contributed by atoms with E-state index in [-0.39, 0.29) is 11.2 Å². The Bertz CT molecular complexity index is 681. The van der Waals surface area contributed by atoms with E-state index in [0.717, 1.165) is 22.2 Å². The SMILES string of the molecule is COCCCNC(=O)C(C)Sc1nnc(Nc2ccccc2OC)s1. The lowest BCUT2D eigenvalue weighted by molar-refractivity contribution is -0.120. The number of hydrogen-bond acceptors (Lipinski definition) is 8. The Hall–Kier alpha value is -1.84. The van der Waals surface area contributed by atoms with Crippen LogP contribution in [-0.4, -0.2) is 48.7 Å². The Morgan fingerprint density at radius 2 is 2.12 bits per heavy atom. The summed E-state index contributed by atoms with van der Waals surface area (Å²) in [4.78, 5) is 12.0. The smallest absolute Gasteiger partial charge is 0.233 e. The average molecular weight is 383 g/mol. The number of amides is 1. The van der Waals surface area contributed by atoms with Crippen LogP contribution < -0.4 is 15.4 Å². The molecular formula is C16H22N4O3S2. The van der Waals surface area contributed by atoms with E-state index in [9.17, 15) is 4.79 Å². The molecule has 0 radical (unpaired) electrons. The van der Waals surface area contributed by atoms with E-state index in [0.29, 0.717) is 18.3 Å². The lowest BCUT2D eigenvalue weighted by Gasteiger charge is -2.09. The van der Waals surface area contributed by atoms with E-state index in [4.69, 9.17) is 9.47 Å². The first-order valence-electron chi connectivity index (χ1n) is 7.81. The quantitative estimate of drug-likeness (QED) is 0.483. The Morgan fingerprint density at radius 3 is 2.88 bits per heavy atom. The number of carbonyl (C=O) groups excluding carboxylic acids is 1. The van der Waals surface area contributed by atoms with Gasteiger partial charge in [0.25, 0.3) is 0 Å². The van der Waals surface area contributed by atoms with Gasteiger partial charge in [0.15, 0.2) is 4.34 Å². The van der Waals surface area contributed by atoms with Crippen molar-refractivity contribution < 1.29 is 14.3 Å². The zero-order chi connectivity index (χ0) is 18.1. The van der Waals surface area contributed by atoms with Crippen molar-refractivity contribution >= 4 is 39.8 Å². The molecule has 0 aliphatic rings. The molecule has 0 aliphatic carbocycles. The number of ether oxygens (including phenoxy) is 2. The third-order valence-electron chi connectivity index (χ3n) is 3.23. The van der Waals surface area contributed by atoms with Crippen LogP contribution in [-0.2, 0) is 9.53 Å². The summed E-state index contributed by atoms with van der Waals surface area (Å²) in [7, 11) is 3.27. The Kier molecular flexibility index (Phi) is 7.96. The minimum absolute atomic E-state index is 0.0180. The molecule has 0 aliphatic heterocycles. The second kappa shape index (κ2) is 10.2. The summed E-state index contributed by atoms with van der Waals surface area (Å²) < 4.78 is 11.0. The molecule has 25 heavy (non-hydrogen) atoms. The molecule has 0 saturated carbocycles. The second-order valence-corrected chi connectivity index (χ2v) is 7.66. The maximum absolute atomic E-state index is 12.0. The molecule has 1 aromatic heterocycles. The topological polar surface area (TPSA) is 85.4 Å². The van der Waals surface area contributed by atoms with Gasteiger partial charge in [0.2, 0.25) is 11.0 Å². The molecule has 0 spiro atoms. The number of nitrogens with one attached hydrogen (secondary N) is 2. The Labute approximate surface area is 155 Å². The van der Waals surface area contributed by atoms with Crippen molar-refractivity contribution in [3.05, 3.63) is 24.3 Å². The van der Waals surface area contributed by atoms with Gasteiger partial charge in [0.1, 0.15) is 5.75 Å². The normalized spacial score (nSPS) is 11.8. The molecular weight excluding hydrogens is 360 g/mol. The van der Waals surface area contributed by atoms with Gasteiger partial charge in [-0.2, -0.15) is 0 Å². The van der Waals surface area contributed by atoms with Crippen LogP contribution in [0.2, 0.25) is 0 Å². The van der Waals surface area contributed by atoms with Crippen molar-refractivity contribution in [2.45, 2.75) is 22.9 Å². The minimum atomic E-state index is -0.241. The molecule has 0 bridgehead atoms. The van der Waals surface area contributed by atoms with Gasteiger partial charge in [0.05, 0.1) is 18.0 Å². The van der Waals surface area contributed by atoms with Crippen LogP contribution in [0.25, 0.3) is 0 Å². The van der Waals surface area contributed by atoms with Gasteiger partial charge < -0.3 is 20.1 Å². The van der Waals surface area contributed by atoms with Crippen LogP contribution in [0.3, 0.4) is 0 Å². The molecule has 0 saturated heterocycles. The summed E-state index contributed by atoms with van der Waals surface area (Å²) >= 11 is 2.79. The van der Waals surface area contributed by atoms with Crippen LogP contribution in [0.5, 0.6) is 5.75 Å². The summed E-state index contributed by atoms with van der Waals surface area (Å²) in [6.45, 7) is 3.09. The number of thioether (sulfide) groups is 1. The van der Waals surface area contributed by atoms with Crippen LogP contribution in [0.4, 0.5) is 10.8 Å². The summed E-state index contributed by atoms with van der Waals surface area (Å²) in [6.07, 6.45) is 0.797. The fraction of sp³-hybridized carbons (Fsp3) is 0.438. The molecule has 136 valence electrons. The largest absolute Gasteiger partial charge is 0.495 e. The molecule has 1 heterocycles. The van der Waals surface area contributed by atoms with Crippen LogP contribution in [0, 0.1) is 0 Å². The molecule has 2 aromatic rings. The van der Waals surface area contributed by atoms with Crippen LogP contribution >= 0.6 is 23.1 Å². The third-order valence-corrected chi connectivity index (χ3v) is 5.25. The first-order valence-corrected chi connectivity index (χ1v) is 9.50. The van der Waals surface area contributed by atoms with Gasteiger partial charge >= 0.3 is 0 Å². The van der Waals surface area contributed by atoms with Gasteiger partial charge in [-0.3, -0.25) is 4.79 Å². The lowest BCUT2D eigenvalue weighted by atomic mass is 10.3. The fourth-order valence-corrected chi connectivity index (χ4v) is 3.88. The maximum Gasteiger partial charge on any atom is 0.233 e. The highest BCUT2D eigenvalue weighted by Gasteiger charge is 2.17. The number of anilines is 2. The second-order valence-electron chi connectivity index (χ2n) is 5.10. The lowest BCUT2D eigenvalue weighted by Crippen LogP contribution is -2.32. The number of carbonyl (C=O) groups is 1. The summed E-state index contributed by atoms with van der Waals surface area (Å²) in [5, 5.41) is 14.7. The molecule has 9 heteroatoms. The number of rotatable bonds is 10. The van der Waals surface area contributed by atoms with Gasteiger partial charge in [-0.15, -0.1) is 10.2 Å². The van der Waals surface area contributed by atoms with Gasteiger partial charge in [0, 0.05) is 20.3 Å². The predicted molar refractivity (Wildman–Crippen MR) is 101 cm³/mol. The Balaban J connectivity index is 1.87. The maximum atomic E-state index is 12.0. The number of nitrogens with zero attached hydrogens (tertiary/aromatic N) is 2. The number of para-hydroxylation sites is 2. The Morgan fingerprint density at radius 1 is 1.32 bits per heavy atom. The van der Waals surface area contributed by atoms with E-state index < -0.39 is 0 Å². The first kappa shape index (κ1) is 19.5. The number of aromatic nitrogens is 2. The van der Waals surface area contributed by atoms with E-state index in [1.807, 2.05) is 31.2 Å². The molecule has 7 nitrogen and oxygen atoms in total. The number of methoxy groups -OCH3 is 2. The molecule has 1 aromatic carbocycles. The molecule has 1 unspecified atom stereocenters. The molecule has 0 fully saturated rings. The van der Waals surface area contributed by atoms with Crippen molar-refractivity contribution in [3.8, 4) is 5.75 Å². The fourth-order valence-electron chi connectivity index (χ4n) is 1.95. The highest BCUT2D eigenvalue weighted by atomic mass is 32.2. The minimum Gasteiger partial charge on any atom is -0.495 e. The van der Waals surface area contributed by atoms with Gasteiger partial charge in [-0.25, -0.2) is 0 Å².